The predicted octanol–water partition coefficient (Wildman–Crippen LogP) is 3.97. The molecule has 1 aromatic heterocycles. The average Bonchev–Trinajstić information content (AvgIpc) is 2.90. The molecule has 3 aromatic rings. The van der Waals surface area contributed by atoms with E-state index in [1.165, 1.54) is 36.4 Å². The molecule has 0 saturated carbocycles. The van der Waals surface area contributed by atoms with E-state index in [-0.39, 0.29) is 11.5 Å². The van der Waals surface area contributed by atoms with Crippen LogP contribution in [0.15, 0.2) is 40.8 Å². The fraction of sp³-hybridized carbons (Fsp3) is 0. The number of aromatic nitrogens is 1. The van der Waals surface area contributed by atoms with Gasteiger partial charge in [-0.2, -0.15) is 0 Å². The van der Waals surface area contributed by atoms with Crippen LogP contribution >= 0.6 is 0 Å². The fourth-order valence-corrected chi connectivity index (χ4v) is 1.93. The second-order valence-electron chi connectivity index (χ2n) is 4.55. The zero-order valence-corrected chi connectivity index (χ0v) is 11.1. The van der Waals surface area contributed by atoms with Crippen molar-refractivity contribution in [2.24, 2.45) is 0 Å². The summed E-state index contributed by atoms with van der Waals surface area (Å²) in [5.74, 6) is -2.68. The molecule has 0 atom stereocenters. The SMILES string of the molecule is O=C(O)c1ccc2nc(/C=C/c3ccc(F)c(F)c3)oc2c1. The van der Waals surface area contributed by atoms with Gasteiger partial charge >= 0.3 is 5.97 Å². The van der Waals surface area contributed by atoms with Crippen molar-refractivity contribution in [3.05, 3.63) is 65.1 Å². The van der Waals surface area contributed by atoms with Gasteiger partial charge in [0.05, 0.1) is 5.56 Å². The molecule has 0 fully saturated rings. The van der Waals surface area contributed by atoms with Gasteiger partial charge < -0.3 is 9.52 Å². The minimum absolute atomic E-state index is 0.0970. The van der Waals surface area contributed by atoms with E-state index in [0.717, 1.165) is 12.1 Å². The van der Waals surface area contributed by atoms with Crippen LogP contribution in [0.5, 0.6) is 0 Å². The number of hydrogen-bond donors (Lipinski definition) is 1. The Hall–Kier alpha value is -3.02. The fourth-order valence-electron chi connectivity index (χ4n) is 1.93. The van der Waals surface area contributed by atoms with Crippen LogP contribution in [0, 0.1) is 11.6 Å². The van der Waals surface area contributed by atoms with Crippen molar-refractivity contribution in [1.29, 1.82) is 0 Å². The number of aromatic carboxylic acids is 1. The Balaban J connectivity index is 1.91. The smallest absolute Gasteiger partial charge is 0.335 e. The molecule has 0 amide bonds. The van der Waals surface area contributed by atoms with E-state index in [1.807, 2.05) is 0 Å². The first-order chi connectivity index (χ1) is 10.5. The van der Waals surface area contributed by atoms with Gasteiger partial charge in [-0.1, -0.05) is 6.07 Å². The first kappa shape index (κ1) is 13.9. The quantitative estimate of drug-likeness (QED) is 0.795. The molecule has 3 rings (SSSR count). The molecule has 110 valence electrons. The van der Waals surface area contributed by atoms with Crippen molar-refractivity contribution in [3.8, 4) is 0 Å². The summed E-state index contributed by atoms with van der Waals surface area (Å²) in [6.07, 6.45) is 3.01. The van der Waals surface area contributed by atoms with Crippen LogP contribution in [0.25, 0.3) is 23.3 Å². The standard InChI is InChI=1S/C16H9F2NO3/c17-11-4-1-9(7-12(11)18)2-6-15-19-13-5-3-10(16(20)21)8-14(13)22-15/h1-8H,(H,20,21)/b6-2+. The average molecular weight is 301 g/mol. The monoisotopic (exact) mass is 301 g/mol. The number of hydrogen-bond acceptors (Lipinski definition) is 3. The second kappa shape index (κ2) is 5.40. The molecule has 6 heteroatoms. The molecule has 0 saturated heterocycles. The number of oxazole rings is 1. The molecule has 0 aliphatic carbocycles. The van der Waals surface area contributed by atoms with Gasteiger partial charge in [0.1, 0.15) is 5.52 Å². The van der Waals surface area contributed by atoms with Crippen LogP contribution < -0.4 is 0 Å². The first-order valence-corrected chi connectivity index (χ1v) is 6.30. The first-order valence-electron chi connectivity index (χ1n) is 6.30. The van der Waals surface area contributed by atoms with Gasteiger partial charge in [0.15, 0.2) is 17.2 Å². The summed E-state index contributed by atoms with van der Waals surface area (Å²) in [7, 11) is 0. The summed E-state index contributed by atoms with van der Waals surface area (Å²) < 4.78 is 31.3. The maximum atomic E-state index is 13.1. The Bertz CT molecular complexity index is 900. The van der Waals surface area contributed by atoms with Crippen molar-refractivity contribution in [2.75, 3.05) is 0 Å². The molecule has 0 aliphatic rings. The molecule has 0 unspecified atom stereocenters. The third-order valence-corrected chi connectivity index (χ3v) is 3.01. The number of carboxylic acids is 1. The Labute approximate surface area is 123 Å². The third-order valence-electron chi connectivity index (χ3n) is 3.01. The molecule has 0 spiro atoms. The minimum Gasteiger partial charge on any atom is -0.478 e. The highest BCUT2D eigenvalue weighted by Crippen LogP contribution is 2.19. The number of rotatable bonds is 3. The molecule has 2 aromatic carbocycles. The van der Waals surface area contributed by atoms with Crippen LogP contribution in [0.4, 0.5) is 8.78 Å². The highest BCUT2D eigenvalue weighted by atomic mass is 19.2. The van der Waals surface area contributed by atoms with Gasteiger partial charge in [-0.15, -0.1) is 0 Å². The van der Waals surface area contributed by atoms with Gasteiger partial charge in [0.2, 0.25) is 5.89 Å². The zero-order chi connectivity index (χ0) is 15.7. The number of benzene rings is 2. The highest BCUT2D eigenvalue weighted by Gasteiger charge is 2.08. The maximum absolute atomic E-state index is 13.1. The lowest BCUT2D eigenvalue weighted by Crippen LogP contribution is -1.94. The van der Waals surface area contributed by atoms with Crippen LogP contribution in [0.1, 0.15) is 21.8 Å². The normalized spacial score (nSPS) is 11.4. The summed E-state index contributed by atoms with van der Waals surface area (Å²) >= 11 is 0. The van der Waals surface area contributed by atoms with Crippen LogP contribution in [0.3, 0.4) is 0 Å². The Morgan fingerprint density at radius 1 is 1.09 bits per heavy atom. The highest BCUT2D eigenvalue weighted by molar-refractivity contribution is 5.92. The van der Waals surface area contributed by atoms with E-state index in [0.29, 0.717) is 16.7 Å². The van der Waals surface area contributed by atoms with Crippen LogP contribution in [-0.2, 0) is 0 Å². The molecule has 0 aliphatic heterocycles. The summed E-state index contributed by atoms with van der Waals surface area (Å²) in [6.45, 7) is 0. The van der Waals surface area contributed by atoms with E-state index in [1.54, 1.807) is 0 Å². The largest absolute Gasteiger partial charge is 0.478 e. The van der Waals surface area contributed by atoms with E-state index < -0.39 is 17.6 Å². The van der Waals surface area contributed by atoms with Gasteiger partial charge in [-0.05, 0) is 42.0 Å². The zero-order valence-electron chi connectivity index (χ0n) is 11.1. The van der Waals surface area contributed by atoms with Crippen molar-refractivity contribution in [3.63, 3.8) is 0 Å². The molecule has 1 N–H and O–H groups in total. The Kier molecular flexibility index (Phi) is 3.42. The van der Waals surface area contributed by atoms with E-state index >= 15 is 0 Å². The molecule has 4 nitrogen and oxygen atoms in total. The Morgan fingerprint density at radius 2 is 1.91 bits per heavy atom. The molecule has 0 bridgehead atoms. The second-order valence-corrected chi connectivity index (χ2v) is 4.55. The van der Waals surface area contributed by atoms with Gasteiger partial charge in [0.25, 0.3) is 0 Å². The molecular formula is C16H9F2NO3. The van der Waals surface area contributed by atoms with E-state index in [2.05, 4.69) is 4.98 Å². The molecule has 1 heterocycles. The molecule has 22 heavy (non-hydrogen) atoms. The van der Waals surface area contributed by atoms with E-state index in [9.17, 15) is 13.6 Å². The summed E-state index contributed by atoms with van der Waals surface area (Å²) in [5, 5.41) is 8.91. The van der Waals surface area contributed by atoms with Crippen LogP contribution in [0.2, 0.25) is 0 Å². The van der Waals surface area contributed by atoms with Crippen molar-refractivity contribution in [1.82, 2.24) is 4.98 Å². The van der Waals surface area contributed by atoms with E-state index in [4.69, 9.17) is 9.52 Å². The van der Waals surface area contributed by atoms with Crippen LogP contribution in [-0.4, -0.2) is 16.1 Å². The lowest BCUT2D eigenvalue weighted by atomic mass is 10.2. The number of carbonyl (C=O) groups is 1. The van der Waals surface area contributed by atoms with Crippen molar-refractivity contribution < 1.29 is 23.1 Å². The van der Waals surface area contributed by atoms with Crippen molar-refractivity contribution in [2.45, 2.75) is 0 Å². The molecular weight excluding hydrogens is 292 g/mol. The van der Waals surface area contributed by atoms with Gasteiger partial charge in [-0.25, -0.2) is 18.6 Å². The lowest BCUT2D eigenvalue weighted by Gasteiger charge is -1.94. The third kappa shape index (κ3) is 2.71. The van der Waals surface area contributed by atoms with Crippen molar-refractivity contribution >= 4 is 29.2 Å². The predicted molar refractivity (Wildman–Crippen MR) is 76.3 cm³/mol. The minimum atomic E-state index is -1.06. The summed E-state index contributed by atoms with van der Waals surface area (Å²) in [5.41, 5.74) is 1.40. The number of nitrogens with zero attached hydrogens (tertiary/aromatic N) is 1. The maximum Gasteiger partial charge on any atom is 0.335 e. The lowest BCUT2D eigenvalue weighted by molar-refractivity contribution is 0.0697. The Morgan fingerprint density at radius 3 is 2.64 bits per heavy atom. The van der Waals surface area contributed by atoms with Gasteiger partial charge in [0, 0.05) is 6.08 Å². The summed E-state index contributed by atoms with van der Waals surface area (Å²) in [4.78, 5) is 15.0. The number of carboxylic acid groups (broad SMARTS) is 1. The topological polar surface area (TPSA) is 63.3 Å². The number of fused-ring (bicyclic) bond motifs is 1. The molecule has 0 radical (unpaired) electrons. The number of halogens is 2. The van der Waals surface area contributed by atoms with Gasteiger partial charge in [-0.3, -0.25) is 0 Å². The summed E-state index contributed by atoms with van der Waals surface area (Å²) in [6, 6.07) is 7.84.